The quantitative estimate of drug-likeness (QED) is 0.490. The Morgan fingerprint density at radius 3 is 0.828 bits per heavy atom. The van der Waals surface area contributed by atoms with Crippen LogP contribution in [0.3, 0.4) is 0 Å². The van der Waals surface area contributed by atoms with Crippen molar-refractivity contribution in [1.29, 1.82) is 0 Å². The van der Waals surface area contributed by atoms with Crippen LogP contribution >= 0.6 is 0 Å². The Kier molecular flexibility index (Phi) is 8.77. The first kappa shape index (κ1) is 22.0. The zero-order valence-corrected chi connectivity index (χ0v) is 15.8. The van der Waals surface area contributed by atoms with Crippen molar-refractivity contribution >= 4 is 0 Å². The van der Waals surface area contributed by atoms with Gasteiger partial charge in [0.2, 0.25) is 0 Å². The van der Waals surface area contributed by atoms with Crippen LogP contribution < -0.4 is 14.0 Å². The molecule has 148 valence electrons. The Balaban J connectivity index is 0.000000170. The van der Waals surface area contributed by atoms with Gasteiger partial charge in [0.05, 0.1) is 37.7 Å². The van der Waals surface area contributed by atoms with E-state index in [0.29, 0.717) is 0 Å². The number of pyridine rings is 4. The Labute approximate surface area is 169 Å². The van der Waals surface area contributed by atoms with Gasteiger partial charge in [0, 0.05) is 24.8 Å². The standard InChI is InChI=1S/2C10H8N2.ClHO4/c2*1-3-7-11-9(5-1)10-6-2-4-8-12-10;2-1(3,4)5/h2*1-8H;(H,2,3,4,5). The van der Waals surface area contributed by atoms with Crippen molar-refractivity contribution < 1.29 is 28.9 Å². The molecule has 0 radical (unpaired) electrons. The monoisotopic (exact) mass is 412 g/mol. The third kappa shape index (κ3) is 9.47. The fourth-order valence-corrected chi connectivity index (χ4v) is 2.06. The van der Waals surface area contributed by atoms with Crippen LogP contribution in [0, 0.1) is 10.2 Å². The van der Waals surface area contributed by atoms with Gasteiger partial charge in [-0.15, -0.1) is 0 Å². The first-order valence-electron chi connectivity index (χ1n) is 8.21. The van der Waals surface area contributed by atoms with E-state index in [4.69, 9.17) is 18.6 Å². The third-order valence-electron chi connectivity index (χ3n) is 3.18. The largest absolute Gasteiger partial charge is 0.255 e. The minimum atomic E-state index is -4.69. The summed E-state index contributed by atoms with van der Waals surface area (Å²) in [5.74, 6) is 0. The summed E-state index contributed by atoms with van der Waals surface area (Å²) in [6.07, 6.45) is 7.07. The fraction of sp³-hybridized carbons (Fsp3) is 0. The van der Waals surface area contributed by atoms with Gasteiger partial charge in [-0.05, 0) is 48.5 Å². The molecule has 0 saturated heterocycles. The molecule has 29 heavy (non-hydrogen) atoms. The number of hydrogen-bond acceptors (Lipinski definition) is 8. The highest BCUT2D eigenvalue weighted by Crippen LogP contribution is 2.11. The van der Waals surface area contributed by atoms with Gasteiger partial charge < -0.3 is 0 Å². The van der Waals surface area contributed by atoms with Gasteiger partial charge in [0.25, 0.3) is 0 Å². The predicted octanol–water partition coefficient (Wildman–Crippen LogP) is 0.163. The maximum absolute atomic E-state index is 8.60. The molecule has 0 unspecified atom stereocenters. The van der Waals surface area contributed by atoms with Crippen molar-refractivity contribution in [2.45, 2.75) is 0 Å². The minimum absolute atomic E-state index is 0.915. The normalized spacial score (nSPS) is 10.1. The molecule has 0 fully saturated rings. The zero-order chi connectivity index (χ0) is 21.0. The van der Waals surface area contributed by atoms with Crippen LogP contribution in [0.5, 0.6) is 0 Å². The maximum atomic E-state index is 8.60. The van der Waals surface area contributed by atoms with Crippen molar-refractivity contribution in [3.05, 3.63) is 97.6 Å². The molecule has 4 heterocycles. The van der Waals surface area contributed by atoms with Crippen molar-refractivity contribution in [3.8, 4) is 22.8 Å². The SMILES string of the molecule is [O-][Cl+3]([O-])([O-])O.c1ccc(-c2ccccn2)nc1.c1ccc(-c2ccccn2)nc1. The summed E-state index contributed by atoms with van der Waals surface area (Å²) in [6, 6.07) is 23.2. The summed E-state index contributed by atoms with van der Waals surface area (Å²) in [4.78, 5) is 16.7. The van der Waals surface area contributed by atoms with Gasteiger partial charge >= 0.3 is 0 Å². The summed E-state index contributed by atoms with van der Waals surface area (Å²) in [7, 11) is -4.69. The Bertz CT molecular complexity index is 786. The van der Waals surface area contributed by atoms with Crippen LogP contribution in [0.4, 0.5) is 0 Å². The van der Waals surface area contributed by atoms with E-state index >= 15 is 0 Å². The number of halogens is 1. The van der Waals surface area contributed by atoms with Gasteiger partial charge in [-0.25, -0.2) is 0 Å². The van der Waals surface area contributed by atoms with E-state index in [2.05, 4.69) is 19.9 Å². The first-order valence-corrected chi connectivity index (χ1v) is 9.48. The van der Waals surface area contributed by atoms with E-state index in [9.17, 15) is 0 Å². The molecule has 0 bridgehead atoms. The number of aromatic nitrogens is 4. The topological polar surface area (TPSA) is 141 Å². The van der Waals surface area contributed by atoms with Crippen LogP contribution in [0.1, 0.15) is 0 Å². The summed E-state index contributed by atoms with van der Waals surface area (Å²) in [5.41, 5.74) is 3.66. The molecule has 0 aliphatic heterocycles. The van der Waals surface area contributed by atoms with E-state index < -0.39 is 10.2 Å². The lowest BCUT2D eigenvalue weighted by molar-refractivity contribution is -1.92. The van der Waals surface area contributed by atoms with Crippen molar-refractivity contribution in [2.24, 2.45) is 0 Å². The fourth-order valence-electron chi connectivity index (χ4n) is 2.06. The summed E-state index contributed by atoms with van der Waals surface area (Å²) in [5, 5.41) is 0. The highest BCUT2D eigenvalue weighted by molar-refractivity contribution is 5.53. The molecule has 1 N–H and O–H groups in total. The van der Waals surface area contributed by atoms with E-state index in [1.165, 1.54) is 0 Å². The summed E-state index contributed by atoms with van der Waals surface area (Å²) in [6.45, 7) is 0. The van der Waals surface area contributed by atoms with Crippen molar-refractivity contribution in [3.63, 3.8) is 0 Å². The van der Waals surface area contributed by atoms with Crippen LogP contribution in [-0.4, -0.2) is 24.6 Å². The van der Waals surface area contributed by atoms with Crippen LogP contribution in [-0.2, 0) is 0 Å². The lowest BCUT2D eigenvalue weighted by Gasteiger charge is -2.03. The second-order valence-electron chi connectivity index (χ2n) is 5.26. The Morgan fingerprint density at radius 2 is 0.690 bits per heavy atom. The van der Waals surface area contributed by atoms with Crippen LogP contribution in [0.2, 0.25) is 0 Å². The highest BCUT2D eigenvalue weighted by Gasteiger charge is 1.99. The molecule has 0 saturated carbocycles. The minimum Gasteiger partial charge on any atom is -0.255 e. The zero-order valence-electron chi connectivity index (χ0n) is 15.1. The van der Waals surface area contributed by atoms with E-state index in [-0.39, 0.29) is 0 Å². The molecular weight excluding hydrogens is 396 g/mol. The van der Waals surface area contributed by atoms with Gasteiger partial charge in [-0.3, -0.25) is 19.9 Å². The maximum Gasteiger partial charge on any atom is 0.0886 e. The molecule has 0 aliphatic rings. The average molecular weight is 413 g/mol. The van der Waals surface area contributed by atoms with Gasteiger partial charge in [-0.1, -0.05) is 24.3 Å². The first-order chi connectivity index (χ1) is 13.9. The molecule has 0 aromatic carbocycles. The summed E-state index contributed by atoms with van der Waals surface area (Å²) < 4.78 is 32.7. The number of hydrogen-bond donors (Lipinski definition) is 1. The second kappa shape index (κ2) is 11.5. The summed E-state index contributed by atoms with van der Waals surface area (Å²) >= 11 is 0. The van der Waals surface area contributed by atoms with Crippen molar-refractivity contribution in [2.75, 3.05) is 0 Å². The molecule has 0 amide bonds. The molecule has 4 rings (SSSR count). The van der Waals surface area contributed by atoms with Crippen molar-refractivity contribution in [1.82, 2.24) is 19.9 Å². The molecule has 4 aromatic heterocycles. The smallest absolute Gasteiger partial charge is 0.0886 e. The molecule has 0 aliphatic carbocycles. The molecule has 0 spiro atoms. The van der Waals surface area contributed by atoms with Crippen LogP contribution in [0.15, 0.2) is 97.6 Å². The number of rotatable bonds is 2. The second-order valence-corrected chi connectivity index (χ2v) is 6.05. The molecule has 0 atom stereocenters. The predicted molar refractivity (Wildman–Crippen MR) is 97.2 cm³/mol. The average Bonchev–Trinajstić information content (AvgIpc) is 2.76. The van der Waals surface area contributed by atoms with Gasteiger partial charge in [0.15, 0.2) is 0 Å². The van der Waals surface area contributed by atoms with Gasteiger partial charge in [0.1, 0.15) is 0 Å². The molecular formula is C20H17ClN4O4. The van der Waals surface area contributed by atoms with E-state index in [0.717, 1.165) is 22.8 Å². The molecule has 9 heteroatoms. The Morgan fingerprint density at radius 1 is 0.483 bits per heavy atom. The lowest BCUT2D eigenvalue weighted by atomic mass is 10.2. The molecule has 4 aromatic rings. The highest BCUT2D eigenvalue weighted by atomic mass is 35.7. The van der Waals surface area contributed by atoms with Crippen LogP contribution in [0.25, 0.3) is 22.8 Å². The van der Waals surface area contributed by atoms with Gasteiger partial charge in [-0.2, -0.15) is 14.0 Å². The molecule has 8 nitrogen and oxygen atoms in total. The Hall–Kier alpha value is -3.27. The third-order valence-corrected chi connectivity index (χ3v) is 3.18. The number of nitrogens with zero attached hydrogens (tertiary/aromatic N) is 4. The van der Waals surface area contributed by atoms with E-state index in [1.54, 1.807) is 24.8 Å². The van der Waals surface area contributed by atoms with E-state index in [1.807, 2.05) is 72.8 Å². The lowest BCUT2D eigenvalue weighted by Crippen LogP contribution is -2.58.